The Hall–Kier alpha value is -3.67. The highest BCUT2D eigenvalue weighted by molar-refractivity contribution is 6.36. The first-order valence-electron chi connectivity index (χ1n) is 10.7. The van der Waals surface area contributed by atoms with Gasteiger partial charge in [0.2, 0.25) is 0 Å². The van der Waals surface area contributed by atoms with Gasteiger partial charge in [0.05, 0.1) is 11.1 Å². The van der Waals surface area contributed by atoms with Crippen molar-refractivity contribution in [2.45, 2.75) is 26.2 Å². The quantitative estimate of drug-likeness (QED) is 0.622. The summed E-state index contributed by atoms with van der Waals surface area (Å²) in [6.45, 7) is 3.55. The number of hydrogen-bond donors (Lipinski definition) is 2. The second-order valence-corrected chi connectivity index (χ2v) is 8.07. The minimum Gasteiger partial charge on any atom is -0.361 e. The smallest absolute Gasteiger partial charge is 0.256 e. The molecule has 6 nitrogen and oxygen atoms in total. The number of likely N-dealkylation sites (tertiary alicyclic amines) is 1. The number of rotatable bonds is 3. The standard InChI is InChI=1S/C25H24N4O2/c1-16-20(25(31)29-12-3-2-4-13-29)15-27-22(16)14-19-23-18(17-8-10-26-11-9-17)6-5-7-21(23)28-24(19)30/h5-11,14-15,27H,2-4,12-13H2,1H3,(H,28,30)/b19-14-. The Morgan fingerprint density at radius 3 is 2.65 bits per heavy atom. The Balaban J connectivity index is 1.54. The van der Waals surface area contributed by atoms with Crippen molar-refractivity contribution in [3.63, 3.8) is 0 Å². The van der Waals surface area contributed by atoms with Gasteiger partial charge in [0.25, 0.3) is 11.8 Å². The third kappa shape index (κ3) is 3.44. The van der Waals surface area contributed by atoms with E-state index in [1.165, 1.54) is 6.42 Å². The van der Waals surface area contributed by atoms with Gasteiger partial charge in [-0.2, -0.15) is 0 Å². The van der Waals surface area contributed by atoms with Crippen LogP contribution in [-0.4, -0.2) is 39.8 Å². The van der Waals surface area contributed by atoms with Crippen molar-refractivity contribution in [1.29, 1.82) is 0 Å². The summed E-state index contributed by atoms with van der Waals surface area (Å²) in [5.74, 6) is -0.0822. The lowest BCUT2D eigenvalue weighted by Crippen LogP contribution is -2.35. The van der Waals surface area contributed by atoms with E-state index in [1.807, 2.05) is 48.2 Å². The molecule has 2 aliphatic rings. The van der Waals surface area contributed by atoms with Gasteiger partial charge < -0.3 is 15.2 Å². The van der Waals surface area contributed by atoms with Crippen molar-refractivity contribution >= 4 is 29.2 Å². The molecule has 0 spiro atoms. The fraction of sp³-hybridized carbons (Fsp3) is 0.240. The molecule has 2 aromatic heterocycles. The molecule has 156 valence electrons. The molecule has 4 heterocycles. The third-order valence-electron chi connectivity index (χ3n) is 6.16. The predicted octanol–water partition coefficient (Wildman–Crippen LogP) is 4.50. The van der Waals surface area contributed by atoms with Crippen LogP contribution in [0.2, 0.25) is 0 Å². The maximum Gasteiger partial charge on any atom is 0.256 e. The summed E-state index contributed by atoms with van der Waals surface area (Å²) >= 11 is 0. The average molecular weight is 412 g/mol. The Bertz CT molecular complexity index is 1190. The van der Waals surface area contributed by atoms with E-state index in [1.54, 1.807) is 18.6 Å². The van der Waals surface area contributed by atoms with Gasteiger partial charge in [-0.15, -0.1) is 0 Å². The fourth-order valence-corrected chi connectivity index (χ4v) is 4.45. The molecular weight excluding hydrogens is 388 g/mol. The van der Waals surface area contributed by atoms with E-state index >= 15 is 0 Å². The Morgan fingerprint density at radius 2 is 1.87 bits per heavy atom. The van der Waals surface area contributed by atoms with Crippen LogP contribution in [0, 0.1) is 6.92 Å². The van der Waals surface area contributed by atoms with Crippen LogP contribution in [0.3, 0.4) is 0 Å². The predicted molar refractivity (Wildman–Crippen MR) is 121 cm³/mol. The summed E-state index contributed by atoms with van der Waals surface area (Å²) in [5.41, 5.74) is 6.54. The number of anilines is 1. The van der Waals surface area contributed by atoms with Gasteiger partial charge in [-0.25, -0.2) is 0 Å². The highest BCUT2D eigenvalue weighted by Crippen LogP contribution is 2.40. The summed E-state index contributed by atoms with van der Waals surface area (Å²) in [6, 6.07) is 9.73. The molecule has 1 aromatic carbocycles. The van der Waals surface area contributed by atoms with Gasteiger partial charge in [0, 0.05) is 48.6 Å². The molecule has 2 aliphatic heterocycles. The maximum absolute atomic E-state index is 13.0. The number of H-pyrrole nitrogens is 1. The van der Waals surface area contributed by atoms with Crippen LogP contribution in [0.4, 0.5) is 5.69 Å². The first-order valence-corrected chi connectivity index (χ1v) is 10.7. The zero-order valence-corrected chi connectivity index (χ0v) is 17.4. The molecule has 0 unspecified atom stereocenters. The zero-order valence-electron chi connectivity index (χ0n) is 17.4. The van der Waals surface area contributed by atoms with E-state index in [2.05, 4.69) is 15.3 Å². The average Bonchev–Trinajstić information content (AvgIpc) is 3.34. The lowest BCUT2D eigenvalue weighted by atomic mass is 9.94. The van der Waals surface area contributed by atoms with Crippen LogP contribution in [0.25, 0.3) is 22.8 Å². The molecule has 0 radical (unpaired) electrons. The normalized spacial score (nSPS) is 17.0. The van der Waals surface area contributed by atoms with E-state index in [0.29, 0.717) is 11.1 Å². The topological polar surface area (TPSA) is 78.1 Å². The van der Waals surface area contributed by atoms with Gasteiger partial charge in [0.15, 0.2) is 0 Å². The number of carbonyl (C=O) groups excluding carboxylic acids is 2. The minimum absolute atomic E-state index is 0.0619. The fourth-order valence-electron chi connectivity index (χ4n) is 4.45. The maximum atomic E-state index is 13.0. The SMILES string of the molecule is Cc1c(C(=O)N2CCCCC2)c[nH]c1/C=C1\C(=O)Nc2cccc(-c3ccncc3)c21. The lowest BCUT2D eigenvalue weighted by Gasteiger charge is -2.26. The Morgan fingerprint density at radius 1 is 1.10 bits per heavy atom. The number of fused-ring (bicyclic) bond motifs is 1. The summed E-state index contributed by atoms with van der Waals surface area (Å²) in [5, 5.41) is 2.97. The molecule has 3 aromatic rings. The van der Waals surface area contributed by atoms with Gasteiger partial charge in [0.1, 0.15) is 0 Å². The highest BCUT2D eigenvalue weighted by Gasteiger charge is 2.28. The van der Waals surface area contributed by atoms with Crippen LogP contribution in [0.5, 0.6) is 0 Å². The summed E-state index contributed by atoms with van der Waals surface area (Å²) in [4.78, 5) is 35.1. The van der Waals surface area contributed by atoms with E-state index in [0.717, 1.165) is 59.6 Å². The van der Waals surface area contributed by atoms with Crippen molar-refractivity contribution in [3.8, 4) is 11.1 Å². The van der Waals surface area contributed by atoms with E-state index < -0.39 is 0 Å². The molecule has 1 saturated heterocycles. The summed E-state index contributed by atoms with van der Waals surface area (Å²) < 4.78 is 0. The number of amides is 2. The van der Waals surface area contributed by atoms with Crippen molar-refractivity contribution in [2.75, 3.05) is 18.4 Å². The van der Waals surface area contributed by atoms with Crippen molar-refractivity contribution in [3.05, 3.63) is 71.3 Å². The molecule has 0 aliphatic carbocycles. The molecule has 2 N–H and O–H groups in total. The van der Waals surface area contributed by atoms with Gasteiger partial charge in [-0.3, -0.25) is 14.6 Å². The molecule has 2 amide bonds. The zero-order chi connectivity index (χ0) is 21.4. The highest BCUT2D eigenvalue weighted by atomic mass is 16.2. The van der Waals surface area contributed by atoms with E-state index in [4.69, 9.17) is 0 Å². The first kappa shape index (κ1) is 19.3. The minimum atomic E-state index is -0.144. The molecule has 6 heteroatoms. The summed E-state index contributed by atoms with van der Waals surface area (Å²) in [7, 11) is 0. The van der Waals surface area contributed by atoms with Crippen LogP contribution in [0.15, 0.2) is 48.9 Å². The Labute approximate surface area is 181 Å². The molecule has 0 bridgehead atoms. The van der Waals surface area contributed by atoms with Crippen LogP contribution < -0.4 is 5.32 Å². The molecule has 31 heavy (non-hydrogen) atoms. The van der Waals surface area contributed by atoms with Gasteiger partial charge in [-0.1, -0.05) is 12.1 Å². The molecule has 0 saturated carbocycles. The number of hydrogen-bond acceptors (Lipinski definition) is 3. The number of piperidine rings is 1. The number of nitrogens with one attached hydrogen (secondary N) is 2. The van der Waals surface area contributed by atoms with Crippen LogP contribution in [-0.2, 0) is 4.79 Å². The van der Waals surface area contributed by atoms with Crippen molar-refractivity contribution in [2.24, 2.45) is 0 Å². The number of nitrogens with zero attached hydrogens (tertiary/aromatic N) is 2. The number of carbonyl (C=O) groups is 2. The van der Waals surface area contributed by atoms with Gasteiger partial charge in [-0.05, 0) is 67.2 Å². The molecule has 0 atom stereocenters. The molecule has 5 rings (SSSR count). The number of benzene rings is 1. The second-order valence-electron chi connectivity index (χ2n) is 8.07. The number of pyridine rings is 1. The first-order chi connectivity index (χ1) is 15.1. The lowest BCUT2D eigenvalue weighted by molar-refractivity contribution is -0.110. The van der Waals surface area contributed by atoms with Crippen molar-refractivity contribution in [1.82, 2.24) is 14.9 Å². The van der Waals surface area contributed by atoms with E-state index in [-0.39, 0.29) is 11.8 Å². The van der Waals surface area contributed by atoms with E-state index in [9.17, 15) is 9.59 Å². The number of aromatic amines is 1. The monoisotopic (exact) mass is 412 g/mol. The third-order valence-corrected chi connectivity index (χ3v) is 6.16. The van der Waals surface area contributed by atoms with Crippen LogP contribution in [0.1, 0.15) is 46.4 Å². The molecular formula is C25H24N4O2. The molecule has 1 fully saturated rings. The number of aromatic nitrogens is 2. The van der Waals surface area contributed by atoms with Gasteiger partial charge >= 0.3 is 0 Å². The van der Waals surface area contributed by atoms with Crippen LogP contribution >= 0.6 is 0 Å². The Kier molecular flexibility index (Phi) is 4.90. The summed E-state index contributed by atoms with van der Waals surface area (Å²) in [6.07, 6.45) is 10.4. The second kappa shape index (κ2) is 7.87. The largest absolute Gasteiger partial charge is 0.361 e. The van der Waals surface area contributed by atoms with Crippen molar-refractivity contribution < 1.29 is 9.59 Å².